The van der Waals surface area contributed by atoms with Crippen molar-refractivity contribution in [1.82, 2.24) is 9.97 Å². The number of amides is 1. The number of nitrogens with two attached hydrogens (primary N) is 2. The van der Waals surface area contributed by atoms with Gasteiger partial charge in [0.25, 0.3) is 5.91 Å². The highest BCUT2D eigenvalue weighted by Gasteiger charge is 2.22. The van der Waals surface area contributed by atoms with Crippen LogP contribution < -0.4 is 21.5 Å². The fourth-order valence-corrected chi connectivity index (χ4v) is 4.65. The number of pyridine rings is 2. The van der Waals surface area contributed by atoms with Crippen LogP contribution in [-0.4, -0.2) is 35.1 Å². The fourth-order valence-electron chi connectivity index (χ4n) is 4.65. The molecule has 8 nitrogen and oxygen atoms in total. The van der Waals surface area contributed by atoms with E-state index in [1.54, 1.807) is 24.5 Å². The number of hydrogen-bond donors (Lipinski definition) is 3. The molecular formula is C26H27N5O3. The minimum atomic E-state index is -0.567. The van der Waals surface area contributed by atoms with Gasteiger partial charge in [-0.1, -0.05) is 18.9 Å². The van der Waals surface area contributed by atoms with Gasteiger partial charge in [-0.2, -0.15) is 0 Å². The third kappa shape index (κ3) is 4.08. The summed E-state index contributed by atoms with van der Waals surface area (Å²) in [6.45, 7) is 0. The SMILES string of the molecule is COc1c(C(N)=O)cccc1-c1cc2nccc(-c3ccnc(N[C@H]4CCCC[C@H]4N)c3)c2o1. The summed E-state index contributed by atoms with van der Waals surface area (Å²) in [5.41, 5.74) is 15.9. The molecule has 0 unspecified atom stereocenters. The van der Waals surface area contributed by atoms with Crippen molar-refractivity contribution in [2.24, 2.45) is 11.5 Å². The fraction of sp³-hybridized carbons (Fsp3) is 0.269. The average molecular weight is 458 g/mol. The normalized spacial score (nSPS) is 18.1. The number of carbonyl (C=O) groups is 1. The molecule has 174 valence electrons. The first-order chi connectivity index (χ1) is 16.5. The number of carbonyl (C=O) groups excluding carboxylic acids is 1. The Hall–Kier alpha value is -3.91. The first kappa shape index (κ1) is 21.9. The molecule has 1 aliphatic rings. The maximum Gasteiger partial charge on any atom is 0.252 e. The monoisotopic (exact) mass is 457 g/mol. The zero-order valence-corrected chi connectivity index (χ0v) is 19.0. The van der Waals surface area contributed by atoms with Crippen LogP contribution in [0.3, 0.4) is 0 Å². The van der Waals surface area contributed by atoms with E-state index in [0.29, 0.717) is 33.7 Å². The Balaban J connectivity index is 1.53. The number of rotatable bonds is 6. The second kappa shape index (κ2) is 9.15. The minimum absolute atomic E-state index is 0.130. The van der Waals surface area contributed by atoms with E-state index in [0.717, 1.165) is 29.8 Å². The van der Waals surface area contributed by atoms with Crippen molar-refractivity contribution >= 4 is 22.8 Å². The number of hydrogen-bond acceptors (Lipinski definition) is 7. The Bertz CT molecular complexity index is 1350. The summed E-state index contributed by atoms with van der Waals surface area (Å²) in [4.78, 5) is 20.8. The van der Waals surface area contributed by atoms with Gasteiger partial charge in [-0.15, -0.1) is 0 Å². The zero-order chi connectivity index (χ0) is 23.7. The molecular weight excluding hydrogens is 430 g/mol. The molecule has 3 heterocycles. The molecule has 4 aromatic rings. The van der Waals surface area contributed by atoms with Crippen LogP contribution in [0.5, 0.6) is 5.75 Å². The Morgan fingerprint density at radius 2 is 1.91 bits per heavy atom. The van der Waals surface area contributed by atoms with Gasteiger partial charge in [0.1, 0.15) is 22.8 Å². The summed E-state index contributed by atoms with van der Waals surface area (Å²) in [5, 5.41) is 3.51. The van der Waals surface area contributed by atoms with Crippen molar-refractivity contribution in [3.05, 3.63) is 60.4 Å². The zero-order valence-electron chi connectivity index (χ0n) is 19.0. The molecule has 1 fully saturated rings. The molecule has 5 N–H and O–H groups in total. The van der Waals surface area contributed by atoms with Crippen LogP contribution in [0.2, 0.25) is 0 Å². The Morgan fingerprint density at radius 3 is 2.71 bits per heavy atom. The Labute approximate surface area is 197 Å². The topological polar surface area (TPSA) is 129 Å². The standard InChI is InChI=1S/C26H27N5O3/c1-33-24-17(5-4-6-18(24)26(28)32)22-14-21-25(34-22)16(10-12-29-21)15-9-11-30-23(13-15)31-20-8-3-2-7-19(20)27/h4-6,9-14,19-20H,2-3,7-8,27H2,1H3,(H2,28,32)(H,30,31)/t19-,20+/m1/s1. The number of nitrogens with zero attached hydrogens (tertiary/aromatic N) is 2. The highest BCUT2D eigenvalue weighted by atomic mass is 16.5. The van der Waals surface area contributed by atoms with E-state index in [2.05, 4.69) is 15.3 Å². The second-order valence-electron chi connectivity index (χ2n) is 8.56. The predicted molar refractivity (Wildman–Crippen MR) is 132 cm³/mol. The quantitative estimate of drug-likeness (QED) is 0.392. The third-order valence-corrected chi connectivity index (χ3v) is 6.39. The molecule has 1 aromatic carbocycles. The van der Waals surface area contributed by atoms with Crippen LogP contribution in [0.4, 0.5) is 5.82 Å². The lowest BCUT2D eigenvalue weighted by Crippen LogP contribution is -2.42. The molecule has 1 saturated carbocycles. The van der Waals surface area contributed by atoms with Crippen molar-refractivity contribution in [3.8, 4) is 28.2 Å². The number of fused-ring (bicyclic) bond motifs is 1. The summed E-state index contributed by atoms with van der Waals surface area (Å²) in [7, 11) is 1.50. The lowest BCUT2D eigenvalue weighted by molar-refractivity contribution is 0.0997. The summed E-state index contributed by atoms with van der Waals surface area (Å²) in [6.07, 6.45) is 7.94. The molecule has 0 aliphatic heterocycles. The number of furan rings is 1. The van der Waals surface area contributed by atoms with E-state index < -0.39 is 5.91 Å². The second-order valence-corrected chi connectivity index (χ2v) is 8.56. The average Bonchev–Trinajstić information content (AvgIpc) is 3.29. The van der Waals surface area contributed by atoms with Gasteiger partial charge in [0, 0.05) is 36.1 Å². The van der Waals surface area contributed by atoms with Gasteiger partial charge in [0.2, 0.25) is 0 Å². The maximum absolute atomic E-state index is 11.9. The Kier molecular flexibility index (Phi) is 5.90. The molecule has 5 rings (SSSR count). The number of ether oxygens (including phenoxy) is 1. The van der Waals surface area contributed by atoms with Gasteiger partial charge in [-0.05, 0) is 48.7 Å². The highest BCUT2D eigenvalue weighted by Crippen LogP contribution is 2.38. The maximum atomic E-state index is 11.9. The van der Waals surface area contributed by atoms with Crippen LogP contribution in [-0.2, 0) is 0 Å². The van der Waals surface area contributed by atoms with Gasteiger partial charge in [0.15, 0.2) is 5.58 Å². The van der Waals surface area contributed by atoms with Crippen LogP contribution >= 0.6 is 0 Å². The third-order valence-electron chi connectivity index (χ3n) is 6.39. The molecule has 0 bridgehead atoms. The molecule has 0 saturated heterocycles. The van der Waals surface area contributed by atoms with Gasteiger partial charge < -0.3 is 25.9 Å². The molecule has 1 aliphatic carbocycles. The van der Waals surface area contributed by atoms with Crippen LogP contribution in [0, 0.1) is 0 Å². The lowest BCUT2D eigenvalue weighted by atomic mass is 9.91. The largest absolute Gasteiger partial charge is 0.495 e. The molecule has 1 amide bonds. The molecule has 3 aromatic heterocycles. The first-order valence-electron chi connectivity index (χ1n) is 11.4. The molecule has 8 heteroatoms. The molecule has 34 heavy (non-hydrogen) atoms. The van der Waals surface area contributed by atoms with Gasteiger partial charge in [-0.3, -0.25) is 9.78 Å². The highest BCUT2D eigenvalue weighted by molar-refractivity contribution is 5.99. The summed E-state index contributed by atoms with van der Waals surface area (Å²) in [5.74, 6) is 1.13. The Morgan fingerprint density at radius 1 is 1.09 bits per heavy atom. The first-order valence-corrected chi connectivity index (χ1v) is 11.4. The van der Waals surface area contributed by atoms with E-state index in [4.69, 9.17) is 20.6 Å². The summed E-state index contributed by atoms with van der Waals surface area (Å²) < 4.78 is 11.8. The van der Waals surface area contributed by atoms with E-state index in [-0.39, 0.29) is 12.1 Å². The van der Waals surface area contributed by atoms with Crippen LogP contribution in [0.15, 0.2) is 59.3 Å². The number of aromatic nitrogens is 2. The predicted octanol–water partition coefficient (Wildman–Crippen LogP) is 4.35. The van der Waals surface area contributed by atoms with E-state index in [1.165, 1.54) is 20.0 Å². The molecule has 0 spiro atoms. The van der Waals surface area contributed by atoms with E-state index >= 15 is 0 Å². The van der Waals surface area contributed by atoms with Gasteiger partial charge >= 0.3 is 0 Å². The van der Waals surface area contributed by atoms with Crippen molar-refractivity contribution in [2.45, 2.75) is 37.8 Å². The number of benzene rings is 1. The minimum Gasteiger partial charge on any atom is -0.495 e. The smallest absolute Gasteiger partial charge is 0.252 e. The molecule has 2 atom stereocenters. The van der Waals surface area contributed by atoms with Crippen molar-refractivity contribution < 1.29 is 13.9 Å². The number of primary amides is 1. The van der Waals surface area contributed by atoms with E-state index in [9.17, 15) is 4.79 Å². The van der Waals surface area contributed by atoms with E-state index in [1.807, 2.05) is 30.3 Å². The van der Waals surface area contributed by atoms with Crippen molar-refractivity contribution in [3.63, 3.8) is 0 Å². The number of para-hydroxylation sites is 1. The van der Waals surface area contributed by atoms with Crippen LogP contribution in [0.1, 0.15) is 36.0 Å². The van der Waals surface area contributed by atoms with Crippen molar-refractivity contribution in [2.75, 3.05) is 12.4 Å². The summed E-state index contributed by atoms with van der Waals surface area (Å²) in [6, 6.07) is 13.2. The van der Waals surface area contributed by atoms with Crippen molar-refractivity contribution in [1.29, 1.82) is 0 Å². The van der Waals surface area contributed by atoms with Gasteiger partial charge in [0.05, 0.1) is 18.2 Å². The number of methoxy groups -OCH3 is 1. The lowest BCUT2D eigenvalue weighted by Gasteiger charge is -2.29. The van der Waals surface area contributed by atoms with Gasteiger partial charge in [-0.25, -0.2) is 4.98 Å². The summed E-state index contributed by atoms with van der Waals surface area (Å²) >= 11 is 0. The number of anilines is 1. The molecule has 0 radical (unpaired) electrons. The number of nitrogens with one attached hydrogen (secondary N) is 1. The van der Waals surface area contributed by atoms with Crippen LogP contribution in [0.25, 0.3) is 33.6 Å².